The fourth-order valence-electron chi connectivity index (χ4n) is 1.86. The van der Waals surface area contributed by atoms with Gasteiger partial charge in [-0.1, -0.05) is 6.07 Å². The number of aromatic nitrogens is 2. The molecule has 0 saturated heterocycles. The van der Waals surface area contributed by atoms with Gasteiger partial charge in [0.25, 0.3) is 5.56 Å². The van der Waals surface area contributed by atoms with Crippen molar-refractivity contribution in [1.82, 2.24) is 9.55 Å². The van der Waals surface area contributed by atoms with E-state index in [1.807, 2.05) is 4.98 Å². The number of alkyl halides is 3. The summed E-state index contributed by atoms with van der Waals surface area (Å²) in [6, 6.07) is 2.80. The smallest absolute Gasteiger partial charge is 0.416 e. The summed E-state index contributed by atoms with van der Waals surface area (Å²) in [6.07, 6.45) is -4.58. The van der Waals surface area contributed by atoms with E-state index < -0.39 is 28.9 Å². The second kappa shape index (κ2) is 4.80. The lowest BCUT2D eigenvalue weighted by Gasteiger charge is -2.14. The summed E-state index contributed by atoms with van der Waals surface area (Å²) in [5, 5.41) is 9.89. The van der Waals surface area contributed by atoms with Gasteiger partial charge in [0.15, 0.2) is 0 Å². The molecule has 0 atom stereocenters. The summed E-state index contributed by atoms with van der Waals surface area (Å²) >= 11 is 0. The molecule has 2 rings (SSSR count). The van der Waals surface area contributed by atoms with Crippen LogP contribution >= 0.6 is 0 Å². The van der Waals surface area contributed by atoms with Gasteiger partial charge >= 0.3 is 11.9 Å². The number of aromatic amines is 1. The zero-order chi connectivity index (χ0) is 15.9. The summed E-state index contributed by atoms with van der Waals surface area (Å²) in [4.78, 5) is 25.1. The fourth-order valence-corrected chi connectivity index (χ4v) is 1.86. The molecule has 2 aromatic rings. The average Bonchev–Trinajstić information content (AvgIpc) is 2.37. The van der Waals surface area contributed by atoms with Crippen molar-refractivity contribution in [2.24, 2.45) is 0 Å². The minimum Gasteiger partial charge on any atom is -0.494 e. The maximum atomic E-state index is 12.8. The number of nitrogens with zero attached hydrogens (tertiary/aromatic N) is 1. The van der Waals surface area contributed by atoms with Crippen molar-refractivity contribution in [1.29, 1.82) is 0 Å². The van der Waals surface area contributed by atoms with Gasteiger partial charge in [-0.05, 0) is 31.5 Å². The lowest BCUT2D eigenvalue weighted by molar-refractivity contribution is -0.137. The van der Waals surface area contributed by atoms with E-state index in [9.17, 15) is 27.9 Å². The van der Waals surface area contributed by atoms with Crippen LogP contribution in [0.25, 0.3) is 5.69 Å². The highest BCUT2D eigenvalue weighted by atomic mass is 19.4. The second-order valence-electron chi connectivity index (χ2n) is 4.54. The Labute approximate surface area is 116 Å². The first-order valence-corrected chi connectivity index (χ1v) is 5.86. The van der Waals surface area contributed by atoms with Gasteiger partial charge in [0, 0.05) is 0 Å². The Kier molecular flexibility index (Phi) is 3.40. The minimum absolute atomic E-state index is 0.147. The Balaban J connectivity index is 2.83. The number of hydrogen-bond acceptors (Lipinski definition) is 3. The van der Waals surface area contributed by atoms with Crippen LogP contribution in [0.3, 0.4) is 0 Å². The normalized spacial score (nSPS) is 11.7. The predicted molar refractivity (Wildman–Crippen MR) is 68.8 cm³/mol. The molecule has 1 aromatic carbocycles. The zero-order valence-corrected chi connectivity index (χ0v) is 11.1. The van der Waals surface area contributed by atoms with Gasteiger partial charge in [-0.3, -0.25) is 9.78 Å². The van der Waals surface area contributed by atoms with Gasteiger partial charge in [0.2, 0.25) is 5.88 Å². The van der Waals surface area contributed by atoms with Crippen molar-refractivity contribution in [3.8, 4) is 11.6 Å². The van der Waals surface area contributed by atoms with Crippen LogP contribution in [-0.2, 0) is 6.18 Å². The lowest BCUT2D eigenvalue weighted by Crippen LogP contribution is -2.30. The SMILES string of the molecule is Cc1ccc(C(F)(F)F)cc1-n1c(O)c(C)c(=O)[nH]c1=O. The number of aryl methyl sites for hydroxylation is 1. The fraction of sp³-hybridized carbons (Fsp3) is 0.231. The molecule has 0 aliphatic heterocycles. The highest BCUT2D eigenvalue weighted by molar-refractivity contribution is 5.47. The Morgan fingerprint density at radius 2 is 1.81 bits per heavy atom. The van der Waals surface area contributed by atoms with Gasteiger partial charge in [0.1, 0.15) is 0 Å². The maximum Gasteiger partial charge on any atom is 0.416 e. The Hall–Kier alpha value is -2.51. The Bertz CT molecular complexity index is 819. The van der Waals surface area contributed by atoms with E-state index in [1.54, 1.807) is 0 Å². The molecule has 0 fully saturated rings. The van der Waals surface area contributed by atoms with E-state index in [1.165, 1.54) is 19.9 Å². The van der Waals surface area contributed by atoms with Crippen LogP contribution in [0.1, 0.15) is 16.7 Å². The van der Waals surface area contributed by atoms with E-state index in [0.717, 1.165) is 12.1 Å². The number of H-pyrrole nitrogens is 1. The molecule has 1 aromatic heterocycles. The third-order valence-corrected chi connectivity index (χ3v) is 3.09. The third-order valence-electron chi connectivity index (χ3n) is 3.09. The third kappa shape index (κ3) is 2.56. The molecule has 0 radical (unpaired) electrons. The van der Waals surface area contributed by atoms with Crippen molar-refractivity contribution in [2.45, 2.75) is 20.0 Å². The van der Waals surface area contributed by atoms with Crippen molar-refractivity contribution >= 4 is 0 Å². The summed E-state index contributed by atoms with van der Waals surface area (Å²) < 4.78 is 38.9. The van der Waals surface area contributed by atoms with Crippen molar-refractivity contribution in [2.75, 3.05) is 0 Å². The first-order valence-electron chi connectivity index (χ1n) is 5.86. The Morgan fingerprint density at radius 1 is 1.19 bits per heavy atom. The molecule has 21 heavy (non-hydrogen) atoms. The van der Waals surface area contributed by atoms with E-state index in [0.29, 0.717) is 10.1 Å². The van der Waals surface area contributed by atoms with Crippen molar-refractivity contribution in [3.05, 3.63) is 55.7 Å². The summed E-state index contributed by atoms with van der Waals surface area (Å²) in [5.74, 6) is -0.689. The molecule has 0 unspecified atom stereocenters. The monoisotopic (exact) mass is 300 g/mol. The van der Waals surface area contributed by atoms with Crippen LogP contribution < -0.4 is 11.2 Å². The molecule has 0 spiro atoms. The van der Waals surface area contributed by atoms with E-state index in [2.05, 4.69) is 0 Å². The van der Waals surface area contributed by atoms with Crippen LogP contribution in [0.15, 0.2) is 27.8 Å². The largest absolute Gasteiger partial charge is 0.494 e. The molecule has 0 bridgehead atoms. The number of aromatic hydroxyl groups is 1. The molecule has 5 nitrogen and oxygen atoms in total. The van der Waals surface area contributed by atoms with Gasteiger partial charge < -0.3 is 5.11 Å². The van der Waals surface area contributed by atoms with Crippen LogP contribution in [-0.4, -0.2) is 14.7 Å². The number of nitrogens with one attached hydrogen (secondary N) is 1. The first kappa shape index (κ1) is 14.9. The quantitative estimate of drug-likeness (QED) is 0.844. The van der Waals surface area contributed by atoms with Crippen molar-refractivity contribution < 1.29 is 18.3 Å². The lowest BCUT2D eigenvalue weighted by atomic mass is 10.1. The number of halogens is 3. The van der Waals surface area contributed by atoms with Crippen LogP contribution in [0.5, 0.6) is 5.88 Å². The van der Waals surface area contributed by atoms with E-state index >= 15 is 0 Å². The van der Waals surface area contributed by atoms with E-state index in [4.69, 9.17) is 0 Å². The van der Waals surface area contributed by atoms with Gasteiger partial charge in [-0.2, -0.15) is 13.2 Å². The summed E-state index contributed by atoms with van der Waals surface area (Å²) in [7, 11) is 0. The molecule has 0 aliphatic rings. The number of benzene rings is 1. The van der Waals surface area contributed by atoms with Crippen molar-refractivity contribution in [3.63, 3.8) is 0 Å². The van der Waals surface area contributed by atoms with E-state index in [-0.39, 0.29) is 11.3 Å². The zero-order valence-electron chi connectivity index (χ0n) is 11.1. The molecule has 0 saturated carbocycles. The summed E-state index contributed by atoms with van der Waals surface area (Å²) in [5.41, 5.74) is -2.73. The maximum absolute atomic E-state index is 12.8. The topological polar surface area (TPSA) is 75.1 Å². The van der Waals surface area contributed by atoms with Crippen LogP contribution in [0.4, 0.5) is 13.2 Å². The van der Waals surface area contributed by atoms with Crippen LogP contribution in [0, 0.1) is 13.8 Å². The number of rotatable bonds is 1. The van der Waals surface area contributed by atoms with Crippen LogP contribution in [0.2, 0.25) is 0 Å². The molecular weight excluding hydrogens is 289 g/mol. The average molecular weight is 300 g/mol. The molecule has 8 heteroatoms. The standard InChI is InChI=1S/C13H11F3N2O3/c1-6-3-4-8(13(14,15)16)5-9(6)18-11(20)7(2)10(19)17-12(18)21/h3-5,20H,1-2H3,(H,17,19,21). The highest BCUT2D eigenvalue weighted by Crippen LogP contribution is 2.32. The van der Waals surface area contributed by atoms with Gasteiger partial charge in [0.05, 0.1) is 16.8 Å². The predicted octanol–water partition coefficient (Wildman–Crippen LogP) is 1.87. The molecule has 1 heterocycles. The molecule has 0 amide bonds. The Morgan fingerprint density at radius 3 is 2.38 bits per heavy atom. The number of hydrogen-bond donors (Lipinski definition) is 2. The minimum atomic E-state index is -4.58. The second-order valence-corrected chi connectivity index (χ2v) is 4.54. The molecule has 0 aliphatic carbocycles. The molecule has 2 N–H and O–H groups in total. The van der Waals surface area contributed by atoms with Gasteiger partial charge in [-0.25, -0.2) is 9.36 Å². The summed E-state index contributed by atoms with van der Waals surface area (Å²) in [6.45, 7) is 2.74. The first-order chi connectivity index (χ1) is 9.62. The van der Waals surface area contributed by atoms with Gasteiger partial charge in [-0.15, -0.1) is 0 Å². The molecular formula is C13H11F3N2O3. The molecule has 112 valence electrons. The highest BCUT2D eigenvalue weighted by Gasteiger charge is 2.31.